The second kappa shape index (κ2) is 6.57. The lowest BCUT2D eigenvalue weighted by Gasteiger charge is -2.14. The third-order valence-corrected chi connectivity index (χ3v) is 3.31. The van der Waals surface area contributed by atoms with Crippen molar-refractivity contribution in [1.82, 2.24) is 9.88 Å². The Morgan fingerprint density at radius 3 is 2.48 bits per heavy atom. The van der Waals surface area contributed by atoms with Gasteiger partial charge in [0.25, 0.3) is 5.91 Å². The van der Waals surface area contributed by atoms with Crippen LogP contribution in [-0.2, 0) is 7.05 Å². The van der Waals surface area contributed by atoms with Crippen molar-refractivity contribution in [2.75, 3.05) is 6.54 Å². The molecule has 0 spiro atoms. The maximum Gasteiger partial charge on any atom is 0.268 e. The highest BCUT2D eigenvalue weighted by molar-refractivity contribution is 5.98. The molecule has 0 bridgehead atoms. The molecule has 2 aromatic rings. The lowest BCUT2D eigenvalue weighted by molar-refractivity contribution is 0.0903. The van der Waals surface area contributed by atoms with E-state index in [9.17, 15) is 23.5 Å². The fraction of sp³-hybridized carbons (Fsp3) is 0.200. The van der Waals surface area contributed by atoms with Crippen LogP contribution in [-0.4, -0.2) is 28.0 Å². The van der Waals surface area contributed by atoms with E-state index in [1.807, 2.05) is 0 Å². The summed E-state index contributed by atoms with van der Waals surface area (Å²) >= 11 is 0. The summed E-state index contributed by atoms with van der Waals surface area (Å²) in [5.41, 5.74) is 4.88. The molecular formula is C15H15F2N3O3. The van der Waals surface area contributed by atoms with E-state index in [4.69, 9.17) is 5.73 Å². The summed E-state index contributed by atoms with van der Waals surface area (Å²) in [6.45, 7) is -0.395. The Bertz CT molecular complexity index is 738. The molecule has 0 saturated heterocycles. The Hall–Kier alpha value is -2.74. The predicted molar refractivity (Wildman–Crippen MR) is 77.6 cm³/mol. The topological polar surface area (TPSA) is 97.4 Å². The number of nitrogens with zero attached hydrogens (tertiary/aromatic N) is 1. The van der Waals surface area contributed by atoms with Crippen LogP contribution in [0.5, 0.6) is 0 Å². The summed E-state index contributed by atoms with van der Waals surface area (Å²) in [6.07, 6.45) is -0.166. The molecule has 1 aromatic heterocycles. The summed E-state index contributed by atoms with van der Waals surface area (Å²) in [7, 11) is 1.54. The van der Waals surface area contributed by atoms with Gasteiger partial charge in [-0.3, -0.25) is 9.59 Å². The Kier molecular flexibility index (Phi) is 4.75. The van der Waals surface area contributed by atoms with Gasteiger partial charge in [-0.25, -0.2) is 8.78 Å². The van der Waals surface area contributed by atoms with Crippen molar-refractivity contribution in [3.63, 3.8) is 0 Å². The second-order valence-electron chi connectivity index (χ2n) is 4.95. The number of carbonyl (C=O) groups is 2. The van der Waals surface area contributed by atoms with E-state index in [1.165, 1.54) is 29.9 Å². The Morgan fingerprint density at radius 1 is 1.35 bits per heavy atom. The maximum absolute atomic E-state index is 13.5. The lowest BCUT2D eigenvalue weighted by Crippen LogP contribution is -2.30. The van der Waals surface area contributed by atoms with Crippen molar-refractivity contribution in [3.8, 4) is 0 Å². The molecule has 0 aliphatic rings. The third-order valence-electron chi connectivity index (χ3n) is 3.31. The van der Waals surface area contributed by atoms with Crippen molar-refractivity contribution < 1.29 is 23.5 Å². The minimum absolute atomic E-state index is 0.125. The number of primary amides is 1. The molecule has 1 aromatic carbocycles. The summed E-state index contributed by atoms with van der Waals surface area (Å²) in [5.74, 6) is -3.10. The van der Waals surface area contributed by atoms with Gasteiger partial charge in [0.1, 0.15) is 23.4 Å². The molecule has 6 nitrogen and oxygen atoms in total. The Morgan fingerprint density at radius 2 is 1.96 bits per heavy atom. The highest BCUT2D eigenvalue weighted by atomic mass is 19.1. The zero-order valence-corrected chi connectivity index (χ0v) is 12.2. The first kappa shape index (κ1) is 16.6. The molecule has 4 N–H and O–H groups in total. The van der Waals surface area contributed by atoms with Crippen molar-refractivity contribution in [1.29, 1.82) is 0 Å². The first-order chi connectivity index (χ1) is 10.8. The Labute approximate surface area is 130 Å². The molecule has 2 amide bonds. The van der Waals surface area contributed by atoms with E-state index in [2.05, 4.69) is 5.32 Å². The maximum atomic E-state index is 13.5. The van der Waals surface area contributed by atoms with Crippen molar-refractivity contribution in [2.24, 2.45) is 12.8 Å². The molecule has 1 unspecified atom stereocenters. The largest absolute Gasteiger partial charge is 0.386 e. The van der Waals surface area contributed by atoms with E-state index in [-0.39, 0.29) is 11.3 Å². The molecule has 1 heterocycles. The number of halogens is 2. The number of benzene rings is 1. The molecule has 1 atom stereocenters. The number of nitrogens with one attached hydrogen (secondary N) is 1. The van der Waals surface area contributed by atoms with Gasteiger partial charge in [0, 0.05) is 19.8 Å². The van der Waals surface area contributed by atoms with Crippen LogP contribution in [0.4, 0.5) is 8.78 Å². The van der Waals surface area contributed by atoms with Crippen LogP contribution in [0.1, 0.15) is 32.5 Å². The first-order valence-electron chi connectivity index (χ1n) is 6.67. The average molecular weight is 323 g/mol. The van der Waals surface area contributed by atoms with Crippen LogP contribution >= 0.6 is 0 Å². The van der Waals surface area contributed by atoms with Gasteiger partial charge >= 0.3 is 0 Å². The summed E-state index contributed by atoms with van der Waals surface area (Å²) in [5, 5.41) is 12.2. The molecule has 8 heteroatoms. The zero-order valence-electron chi connectivity index (χ0n) is 12.2. The number of aliphatic hydroxyl groups excluding tert-OH is 1. The smallest absolute Gasteiger partial charge is 0.268 e. The monoisotopic (exact) mass is 323 g/mol. The highest BCUT2D eigenvalue weighted by Gasteiger charge is 2.20. The van der Waals surface area contributed by atoms with Gasteiger partial charge in [-0.05, 0) is 18.2 Å². The molecular weight excluding hydrogens is 308 g/mol. The SMILES string of the molecule is Cn1cc(C(N)=O)cc1C(=O)NCC(O)c1c(F)cccc1F. The number of rotatable bonds is 5. The van der Waals surface area contributed by atoms with Crippen LogP contribution in [0, 0.1) is 11.6 Å². The molecule has 122 valence electrons. The van der Waals surface area contributed by atoms with Crippen LogP contribution in [0.3, 0.4) is 0 Å². The second-order valence-corrected chi connectivity index (χ2v) is 4.95. The van der Waals surface area contributed by atoms with E-state index >= 15 is 0 Å². The first-order valence-corrected chi connectivity index (χ1v) is 6.67. The molecule has 23 heavy (non-hydrogen) atoms. The number of hydrogen-bond acceptors (Lipinski definition) is 3. The van der Waals surface area contributed by atoms with Crippen molar-refractivity contribution in [2.45, 2.75) is 6.10 Å². The van der Waals surface area contributed by atoms with E-state index in [1.54, 1.807) is 0 Å². The van der Waals surface area contributed by atoms with Crippen molar-refractivity contribution in [3.05, 3.63) is 58.9 Å². The lowest BCUT2D eigenvalue weighted by atomic mass is 10.1. The number of aromatic nitrogens is 1. The van der Waals surface area contributed by atoms with E-state index in [0.717, 1.165) is 12.1 Å². The van der Waals surface area contributed by atoms with Gasteiger partial charge in [0.2, 0.25) is 5.91 Å². The average Bonchev–Trinajstić information content (AvgIpc) is 2.87. The van der Waals surface area contributed by atoms with Gasteiger partial charge in [0.15, 0.2) is 0 Å². The van der Waals surface area contributed by atoms with E-state index in [0.29, 0.717) is 0 Å². The third kappa shape index (κ3) is 3.54. The van der Waals surface area contributed by atoms with Gasteiger partial charge in [-0.15, -0.1) is 0 Å². The molecule has 0 saturated carbocycles. The van der Waals surface area contributed by atoms with Crippen LogP contribution in [0.15, 0.2) is 30.5 Å². The van der Waals surface area contributed by atoms with Crippen LogP contribution < -0.4 is 11.1 Å². The summed E-state index contributed by atoms with van der Waals surface area (Å²) in [4.78, 5) is 23.1. The molecule has 0 aliphatic carbocycles. The minimum atomic E-state index is -1.55. The molecule has 0 radical (unpaired) electrons. The minimum Gasteiger partial charge on any atom is -0.386 e. The number of amides is 2. The predicted octanol–water partition coefficient (Wildman–Crippen LogP) is 0.866. The normalized spacial score (nSPS) is 12.0. The number of aryl methyl sites for hydroxylation is 1. The number of carbonyl (C=O) groups excluding carboxylic acids is 2. The summed E-state index contributed by atoms with van der Waals surface area (Å²) < 4.78 is 28.5. The number of aliphatic hydroxyl groups is 1. The van der Waals surface area contributed by atoms with Gasteiger partial charge in [-0.2, -0.15) is 0 Å². The van der Waals surface area contributed by atoms with Crippen molar-refractivity contribution >= 4 is 11.8 Å². The zero-order chi connectivity index (χ0) is 17.1. The number of nitrogens with two attached hydrogens (primary N) is 1. The highest BCUT2D eigenvalue weighted by Crippen LogP contribution is 2.20. The van der Waals surface area contributed by atoms with Crippen LogP contribution in [0.2, 0.25) is 0 Å². The van der Waals surface area contributed by atoms with Gasteiger partial charge in [-0.1, -0.05) is 6.07 Å². The quantitative estimate of drug-likeness (QED) is 0.761. The Balaban J connectivity index is 2.08. The van der Waals surface area contributed by atoms with Gasteiger partial charge in [0.05, 0.1) is 11.1 Å². The van der Waals surface area contributed by atoms with E-state index < -0.39 is 41.7 Å². The summed E-state index contributed by atoms with van der Waals surface area (Å²) in [6, 6.07) is 4.49. The molecule has 2 rings (SSSR count). The standard InChI is InChI=1S/C15H15F2N3O3/c1-20-7-8(14(18)22)5-11(20)15(23)19-6-12(21)13-9(16)3-2-4-10(13)17/h2-5,7,12,21H,6H2,1H3,(H2,18,22)(H,19,23). The van der Waals surface area contributed by atoms with Gasteiger partial charge < -0.3 is 20.7 Å². The molecule has 0 aliphatic heterocycles. The molecule has 0 fully saturated rings. The fourth-order valence-electron chi connectivity index (χ4n) is 2.14. The fourth-order valence-corrected chi connectivity index (χ4v) is 2.14. The van der Waals surface area contributed by atoms with Crippen LogP contribution in [0.25, 0.3) is 0 Å². The number of hydrogen-bond donors (Lipinski definition) is 3.